The van der Waals surface area contributed by atoms with Gasteiger partial charge in [-0.25, -0.2) is 0 Å². The second kappa shape index (κ2) is 5.06. The molecule has 114 valence electrons. The van der Waals surface area contributed by atoms with Crippen molar-refractivity contribution in [2.45, 2.75) is 51.5 Å². The van der Waals surface area contributed by atoms with Crippen LogP contribution in [0.15, 0.2) is 18.2 Å². The summed E-state index contributed by atoms with van der Waals surface area (Å²) in [6.07, 6.45) is 8.77. The maximum Gasteiger partial charge on any atom is 0.0612 e. The number of hydrogen-bond acceptors (Lipinski definition) is 1. The minimum absolute atomic E-state index is 0.515. The van der Waals surface area contributed by atoms with Crippen LogP contribution in [0.1, 0.15) is 45.4 Å². The Kier molecular flexibility index (Phi) is 3.42. The van der Waals surface area contributed by atoms with E-state index in [-0.39, 0.29) is 0 Å². The molecule has 4 bridgehead atoms. The molecule has 0 aliphatic heterocycles. The first kappa shape index (κ1) is 14.2. The molecule has 0 spiro atoms. The minimum atomic E-state index is 0.515. The maximum atomic E-state index is 6.14. The predicted octanol–water partition coefficient (Wildman–Crippen LogP) is 6.01. The van der Waals surface area contributed by atoms with E-state index < -0.39 is 0 Å². The van der Waals surface area contributed by atoms with Gasteiger partial charge in [-0.1, -0.05) is 23.2 Å². The Balaban J connectivity index is 1.54. The largest absolute Gasteiger partial charge is 0.382 e. The van der Waals surface area contributed by atoms with E-state index in [4.69, 9.17) is 23.2 Å². The van der Waals surface area contributed by atoms with E-state index in [1.54, 1.807) is 0 Å². The van der Waals surface area contributed by atoms with Gasteiger partial charge in [0.1, 0.15) is 0 Å². The van der Waals surface area contributed by atoms with E-state index in [1.165, 1.54) is 38.5 Å². The highest BCUT2D eigenvalue weighted by Gasteiger charge is 2.53. The second-order valence-electron chi connectivity index (χ2n) is 7.77. The number of nitrogens with one attached hydrogen (secondary N) is 1. The zero-order valence-corrected chi connectivity index (χ0v) is 14.1. The summed E-state index contributed by atoms with van der Waals surface area (Å²) in [5.74, 6) is 2.98. The molecule has 1 N–H and O–H groups in total. The molecular formula is C18H23Cl2N. The number of anilines is 1. The van der Waals surface area contributed by atoms with Crippen LogP contribution in [0.3, 0.4) is 0 Å². The number of hydrogen-bond donors (Lipinski definition) is 1. The van der Waals surface area contributed by atoms with Crippen molar-refractivity contribution in [3.05, 3.63) is 28.2 Å². The summed E-state index contributed by atoms with van der Waals surface area (Å²) in [5, 5.41) is 4.99. The van der Waals surface area contributed by atoms with Gasteiger partial charge in [-0.3, -0.25) is 0 Å². The smallest absolute Gasteiger partial charge is 0.0612 e. The van der Waals surface area contributed by atoms with E-state index in [0.29, 0.717) is 21.5 Å². The number of halogens is 2. The highest BCUT2D eigenvalue weighted by molar-refractivity contribution is 6.42. The van der Waals surface area contributed by atoms with Crippen LogP contribution < -0.4 is 5.32 Å². The van der Waals surface area contributed by atoms with E-state index in [9.17, 15) is 0 Å². The van der Waals surface area contributed by atoms with Crippen molar-refractivity contribution >= 4 is 28.9 Å². The second-order valence-corrected chi connectivity index (χ2v) is 8.59. The molecule has 1 atom stereocenters. The average molecular weight is 324 g/mol. The first-order chi connectivity index (χ1) is 10.0. The van der Waals surface area contributed by atoms with Gasteiger partial charge in [0.2, 0.25) is 0 Å². The molecular weight excluding hydrogens is 301 g/mol. The quantitative estimate of drug-likeness (QED) is 0.718. The van der Waals surface area contributed by atoms with Gasteiger partial charge in [0.05, 0.1) is 10.0 Å². The lowest BCUT2D eigenvalue weighted by molar-refractivity contribution is -0.0602. The van der Waals surface area contributed by atoms with Crippen molar-refractivity contribution in [2.24, 2.45) is 23.2 Å². The molecule has 1 aromatic rings. The molecule has 1 unspecified atom stereocenters. The summed E-state index contributed by atoms with van der Waals surface area (Å²) >= 11 is 12.2. The van der Waals surface area contributed by atoms with Crippen LogP contribution in [0, 0.1) is 23.2 Å². The molecule has 0 amide bonds. The van der Waals surface area contributed by atoms with E-state index >= 15 is 0 Å². The molecule has 4 aliphatic rings. The molecule has 3 heteroatoms. The molecule has 4 aliphatic carbocycles. The van der Waals surface area contributed by atoms with Crippen LogP contribution in [0.25, 0.3) is 0 Å². The third kappa shape index (κ3) is 2.47. The fourth-order valence-corrected chi connectivity index (χ4v) is 6.00. The fraction of sp³-hybridized carbons (Fsp3) is 0.667. The lowest BCUT2D eigenvalue weighted by Crippen LogP contribution is -2.52. The molecule has 0 radical (unpaired) electrons. The van der Waals surface area contributed by atoms with Gasteiger partial charge >= 0.3 is 0 Å². The summed E-state index contributed by atoms with van der Waals surface area (Å²) in [6.45, 7) is 2.37. The molecule has 21 heavy (non-hydrogen) atoms. The molecule has 0 aromatic heterocycles. The Morgan fingerprint density at radius 2 is 1.57 bits per heavy atom. The van der Waals surface area contributed by atoms with E-state index in [1.807, 2.05) is 18.2 Å². The monoisotopic (exact) mass is 323 g/mol. The topological polar surface area (TPSA) is 12.0 Å². The van der Waals surface area contributed by atoms with Crippen molar-refractivity contribution in [3.8, 4) is 0 Å². The Bertz CT molecular complexity index is 519. The normalized spacial score (nSPS) is 38.5. The minimum Gasteiger partial charge on any atom is -0.382 e. The highest BCUT2D eigenvalue weighted by Crippen LogP contribution is 2.61. The predicted molar refractivity (Wildman–Crippen MR) is 90.2 cm³/mol. The Hall–Kier alpha value is -0.400. The van der Waals surface area contributed by atoms with Crippen LogP contribution in [-0.2, 0) is 0 Å². The van der Waals surface area contributed by atoms with Crippen LogP contribution in [0.4, 0.5) is 5.69 Å². The standard InChI is InChI=1S/C18H23Cl2N/c1-11(21-15-2-3-16(19)17(20)7-15)18-8-12-4-13(9-18)6-14(5-12)10-18/h2-3,7,11-14,21H,4-6,8-10H2,1H3. The van der Waals surface area contributed by atoms with Crippen LogP contribution in [0.2, 0.25) is 10.0 Å². The molecule has 1 aromatic carbocycles. The highest BCUT2D eigenvalue weighted by atomic mass is 35.5. The number of rotatable bonds is 3. The van der Waals surface area contributed by atoms with E-state index in [0.717, 1.165) is 23.4 Å². The number of benzene rings is 1. The zero-order valence-electron chi connectivity index (χ0n) is 12.5. The van der Waals surface area contributed by atoms with Crippen LogP contribution in [0.5, 0.6) is 0 Å². The van der Waals surface area contributed by atoms with Crippen molar-refractivity contribution in [1.82, 2.24) is 0 Å². The molecule has 5 rings (SSSR count). The molecule has 4 saturated carbocycles. The molecule has 0 saturated heterocycles. The van der Waals surface area contributed by atoms with E-state index in [2.05, 4.69) is 12.2 Å². The third-order valence-corrected chi connectivity index (χ3v) is 7.05. The zero-order chi connectivity index (χ0) is 14.6. The Labute approximate surface area is 137 Å². The molecule has 0 heterocycles. The molecule has 4 fully saturated rings. The van der Waals surface area contributed by atoms with Gasteiger partial charge in [0, 0.05) is 11.7 Å². The fourth-order valence-electron chi connectivity index (χ4n) is 5.70. The Morgan fingerprint density at radius 1 is 1.00 bits per heavy atom. The lowest BCUT2D eigenvalue weighted by atomic mass is 9.48. The van der Waals surface area contributed by atoms with Crippen molar-refractivity contribution in [1.29, 1.82) is 0 Å². The maximum absolute atomic E-state index is 6.14. The van der Waals surface area contributed by atoms with Crippen molar-refractivity contribution in [3.63, 3.8) is 0 Å². The summed E-state index contributed by atoms with van der Waals surface area (Å²) in [4.78, 5) is 0. The van der Waals surface area contributed by atoms with Crippen LogP contribution >= 0.6 is 23.2 Å². The average Bonchev–Trinajstić information content (AvgIpc) is 2.41. The van der Waals surface area contributed by atoms with Gasteiger partial charge in [0.15, 0.2) is 0 Å². The summed E-state index contributed by atoms with van der Waals surface area (Å²) < 4.78 is 0. The Morgan fingerprint density at radius 3 is 2.10 bits per heavy atom. The lowest BCUT2D eigenvalue weighted by Gasteiger charge is -2.59. The summed E-state index contributed by atoms with van der Waals surface area (Å²) in [7, 11) is 0. The van der Waals surface area contributed by atoms with Crippen molar-refractivity contribution < 1.29 is 0 Å². The van der Waals surface area contributed by atoms with Gasteiger partial charge in [-0.15, -0.1) is 0 Å². The van der Waals surface area contributed by atoms with Gasteiger partial charge in [0.25, 0.3) is 0 Å². The van der Waals surface area contributed by atoms with Gasteiger partial charge in [-0.05, 0) is 86.8 Å². The first-order valence-corrected chi connectivity index (χ1v) is 9.01. The van der Waals surface area contributed by atoms with Crippen molar-refractivity contribution in [2.75, 3.05) is 5.32 Å². The summed E-state index contributed by atoms with van der Waals surface area (Å²) in [5.41, 5.74) is 1.62. The summed E-state index contributed by atoms with van der Waals surface area (Å²) in [6, 6.07) is 6.41. The molecule has 1 nitrogen and oxygen atoms in total. The third-order valence-electron chi connectivity index (χ3n) is 6.31. The van der Waals surface area contributed by atoms with Gasteiger partial charge in [-0.2, -0.15) is 0 Å². The SMILES string of the molecule is CC(Nc1ccc(Cl)c(Cl)c1)C12CC3CC(CC(C3)C1)C2. The first-order valence-electron chi connectivity index (χ1n) is 8.26. The van der Waals surface area contributed by atoms with Gasteiger partial charge < -0.3 is 5.32 Å². The van der Waals surface area contributed by atoms with Crippen LogP contribution in [-0.4, -0.2) is 6.04 Å².